The molecule has 0 aliphatic rings. The van der Waals surface area contributed by atoms with Gasteiger partial charge in [0.05, 0.1) is 13.2 Å². The van der Waals surface area contributed by atoms with E-state index in [1.54, 1.807) is 12.2 Å². The van der Waals surface area contributed by atoms with E-state index in [9.17, 15) is 9.59 Å². The highest BCUT2D eigenvalue weighted by Crippen LogP contribution is 2.14. The second-order valence-corrected chi connectivity index (χ2v) is 6.54. The summed E-state index contributed by atoms with van der Waals surface area (Å²) in [6, 6.07) is 15.5. The molecule has 0 heterocycles. The number of carbonyl (C=O) groups is 2. The van der Waals surface area contributed by atoms with E-state index in [-0.39, 0.29) is 11.9 Å². The molecule has 0 saturated carbocycles. The van der Waals surface area contributed by atoms with Crippen LogP contribution in [-0.2, 0) is 19.1 Å². The van der Waals surface area contributed by atoms with E-state index in [0.29, 0.717) is 13.2 Å². The van der Waals surface area contributed by atoms with Crippen molar-refractivity contribution in [3.8, 4) is 0 Å². The van der Waals surface area contributed by atoms with Crippen molar-refractivity contribution in [1.82, 2.24) is 0 Å². The third kappa shape index (κ3) is 4.22. The SMILES string of the molecule is CCCOC(=O)C=c1c2ccccc2c(=CC(=O)OCCC)c2ccccc12. The summed E-state index contributed by atoms with van der Waals surface area (Å²) in [4.78, 5) is 24.6. The van der Waals surface area contributed by atoms with E-state index in [0.717, 1.165) is 44.8 Å². The summed E-state index contributed by atoms with van der Waals surface area (Å²) in [6.07, 6.45) is 4.63. The third-order valence-electron chi connectivity index (χ3n) is 4.44. The van der Waals surface area contributed by atoms with Gasteiger partial charge in [-0.25, -0.2) is 9.59 Å². The lowest BCUT2D eigenvalue weighted by Crippen LogP contribution is -2.18. The number of carbonyl (C=O) groups excluding carboxylic acids is 2. The fourth-order valence-electron chi connectivity index (χ4n) is 3.23. The van der Waals surface area contributed by atoms with Crippen LogP contribution in [0.4, 0.5) is 0 Å². The van der Waals surface area contributed by atoms with Gasteiger partial charge in [0, 0.05) is 12.2 Å². The Bertz CT molecular complexity index is 975. The van der Waals surface area contributed by atoms with E-state index in [4.69, 9.17) is 9.47 Å². The van der Waals surface area contributed by atoms with E-state index < -0.39 is 0 Å². The number of esters is 2. The molecule has 0 bridgehead atoms. The Hall–Kier alpha value is -3.14. The topological polar surface area (TPSA) is 52.6 Å². The zero-order valence-corrected chi connectivity index (χ0v) is 16.2. The van der Waals surface area contributed by atoms with Gasteiger partial charge in [0.15, 0.2) is 0 Å². The van der Waals surface area contributed by atoms with Crippen molar-refractivity contribution in [3.05, 3.63) is 59.0 Å². The number of fused-ring (bicyclic) bond motifs is 2. The summed E-state index contributed by atoms with van der Waals surface area (Å²) >= 11 is 0. The third-order valence-corrected chi connectivity index (χ3v) is 4.44. The molecule has 0 fully saturated rings. The minimum absolute atomic E-state index is 0.365. The zero-order valence-electron chi connectivity index (χ0n) is 16.2. The van der Waals surface area contributed by atoms with Crippen LogP contribution in [0.5, 0.6) is 0 Å². The molecule has 4 heteroatoms. The van der Waals surface area contributed by atoms with Gasteiger partial charge in [-0.3, -0.25) is 0 Å². The first-order chi connectivity index (χ1) is 13.7. The molecule has 3 rings (SSSR count). The number of hydrogen-bond acceptors (Lipinski definition) is 4. The van der Waals surface area contributed by atoms with Gasteiger partial charge in [-0.1, -0.05) is 62.4 Å². The van der Waals surface area contributed by atoms with Crippen molar-refractivity contribution < 1.29 is 19.1 Å². The van der Waals surface area contributed by atoms with E-state index in [1.807, 2.05) is 62.4 Å². The maximum absolute atomic E-state index is 12.3. The molecule has 0 N–H and O–H groups in total. The Labute approximate surface area is 164 Å². The minimum atomic E-state index is -0.365. The summed E-state index contributed by atoms with van der Waals surface area (Å²) in [7, 11) is 0. The monoisotopic (exact) mass is 376 g/mol. The highest BCUT2D eigenvalue weighted by molar-refractivity contribution is 6.11. The quantitative estimate of drug-likeness (QED) is 0.488. The minimum Gasteiger partial charge on any atom is -0.463 e. The Morgan fingerprint density at radius 2 is 1.00 bits per heavy atom. The van der Waals surface area contributed by atoms with Crippen LogP contribution in [0, 0.1) is 0 Å². The fourth-order valence-corrected chi connectivity index (χ4v) is 3.23. The molecule has 0 aliphatic heterocycles. The number of ether oxygens (including phenoxy) is 2. The highest BCUT2D eigenvalue weighted by atomic mass is 16.5. The van der Waals surface area contributed by atoms with Gasteiger partial charge in [-0.05, 0) is 44.8 Å². The molecule has 0 atom stereocenters. The van der Waals surface area contributed by atoms with Crippen molar-refractivity contribution in [3.63, 3.8) is 0 Å². The van der Waals surface area contributed by atoms with Crippen LogP contribution in [-0.4, -0.2) is 25.2 Å². The van der Waals surface area contributed by atoms with Crippen molar-refractivity contribution in [2.45, 2.75) is 26.7 Å². The molecular formula is C24H24O4. The van der Waals surface area contributed by atoms with Gasteiger partial charge < -0.3 is 9.47 Å². The number of hydrogen-bond donors (Lipinski definition) is 0. The van der Waals surface area contributed by atoms with Gasteiger partial charge in [0.1, 0.15) is 0 Å². The van der Waals surface area contributed by atoms with Crippen LogP contribution in [0.25, 0.3) is 33.7 Å². The van der Waals surface area contributed by atoms with Crippen LogP contribution in [0.3, 0.4) is 0 Å². The molecule has 0 spiro atoms. The number of rotatable bonds is 6. The Morgan fingerprint density at radius 1 is 0.679 bits per heavy atom. The zero-order chi connectivity index (χ0) is 19.9. The molecular weight excluding hydrogens is 352 g/mol. The predicted molar refractivity (Wildman–Crippen MR) is 112 cm³/mol. The molecule has 3 aromatic carbocycles. The van der Waals surface area contributed by atoms with Gasteiger partial charge >= 0.3 is 11.9 Å². The van der Waals surface area contributed by atoms with Crippen LogP contribution in [0.2, 0.25) is 0 Å². The van der Waals surface area contributed by atoms with Crippen LogP contribution >= 0.6 is 0 Å². The molecule has 0 radical (unpaired) electrons. The molecule has 0 amide bonds. The van der Waals surface area contributed by atoms with E-state index >= 15 is 0 Å². The average Bonchev–Trinajstić information content (AvgIpc) is 2.73. The molecule has 0 aliphatic carbocycles. The molecule has 0 unspecified atom stereocenters. The van der Waals surface area contributed by atoms with Gasteiger partial charge in [-0.2, -0.15) is 0 Å². The second kappa shape index (κ2) is 9.18. The predicted octanol–water partition coefficient (Wildman–Crippen LogP) is 3.46. The van der Waals surface area contributed by atoms with Crippen molar-refractivity contribution in [2.75, 3.05) is 13.2 Å². The summed E-state index contributed by atoms with van der Waals surface area (Å²) in [5, 5.41) is 5.17. The Balaban J connectivity index is 2.34. The smallest absolute Gasteiger partial charge is 0.331 e. The second-order valence-electron chi connectivity index (χ2n) is 6.54. The van der Waals surface area contributed by atoms with Crippen molar-refractivity contribution >= 4 is 45.6 Å². The van der Waals surface area contributed by atoms with Gasteiger partial charge in [-0.15, -0.1) is 0 Å². The van der Waals surface area contributed by atoms with Gasteiger partial charge in [0.2, 0.25) is 0 Å². The first-order valence-corrected chi connectivity index (χ1v) is 9.62. The highest BCUT2D eigenvalue weighted by Gasteiger charge is 2.09. The fraction of sp³-hybridized carbons (Fsp3) is 0.250. The average molecular weight is 376 g/mol. The van der Waals surface area contributed by atoms with Gasteiger partial charge in [0.25, 0.3) is 0 Å². The standard InChI is InChI=1S/C24H24O4/c1-3-13-27-23(25)15-21-17-9-5-7-11-19(17)22(16-24(26)28-14-4-2)20-12-8-6-10-18(20)21/h5-12,15-16H,3-4,13-14H2,1-2H3. The van der Waals surface area contributed by atoms with E-state index in [1.165, 1.54) is 0 Å². The molecule has 0 saturated heterocycles. The van der Waals surface area contributed by atoms with E-state index in [2.05, 4.69) is 0 Å². The lowest BCUT2D eigenvalue weighted by molar-refractivity contribution is -0.136. The van der Waals surface area contributed by atoms with Crippen molar-refractivity contribution in [1.29, 1.82) is 0 Å². The Morgan fingerprint density at radius 3 is 1.29 bits per heavy atom. The summed E-state index contributed by atoms with van der Waals surface area (Å²) in [5.74, 6) is -0.729. The van der Waals surface area contributed by atoms with Crippen LogP contribution < -0.4 is 10.4 Å². The normalized spacial score (nSPS) is 10.6. The molecule has 4 nitrogen and oxygen atoms in total. The molecule has 0 aromatic heterocycles. The number of benzene rings is 3. The lowest BCUT2D eigenvalue weighted by Gasteiger charge is -2.08. The van der Waals surface area contributed by atoms with Crippen LogP contribution in [0.15, 0.2) is 48.5 Å². The largest absolute Gasteiger partial charge is 0.463 e. The van der Waals surface area contributed by atoms with Crippen LogP contribution in [0.1, 0.15) is 26.7 Å². The first kappa shape index (κ1) is 19.6. The molecule has 3 aromatic rings. The maximum Gasteiger partial charge on any atom is 0.331 e. The first-order valence-electron chi connectivity index (χ1n) is 9.62. The summed E-state index contributed by atoms with van der Waals surface area (Å²) < 4.78 is 10.5. The van der Waals surface area contributed by atoms with Crippen molar-refractivity contribution in [2.24, 2.45) is 0 Å². The molecule has 28 heavy (non-hydrogen) atoms. The summed E-state index contributed by atoms with van der Waals surface area (Å²) in [6.45, 7) is 4.70. The maximum atomic E-state index is 12.3. The summed E-state index contributed by atoms with van der Waals surface area (Å²) in [5.41, 5.74) is 0. The Kier molecular flexibility index (Phi) is 6.43. The lowest BCUT2D eigenvalue weighted by atomic mass is 9.97. The molecule has 144 valence electrons.